The number of carbonyl (C=O) groups is 1. The highest BCUT2D eigenvalue weighted by Crippen LogP contribution is 2.34. The van der Waals surface area contributed by atoms with Gasteiger partial charge >= 0.3 is 0 Å². The fourth-order valence-corrected chi connectivity index (χ4v) is 3.82. The summed E-state index contributed by atoms with van der Waals surface area (Å²) < 4.78 is 30.1. The van der Waals surface area contributed by atoms with E-state index in [1.54, 1.807) is 28.9 Å². The molecule has 4 aromatic rings. The highest BCUT2D eigenvalue weighted by molar-refractivity contribution is 5.97. The molecule has 1 aromatic carbocycles. The summed E-state index contributed by atoms with van der Waals surface area (Å²) in [6.45, 7) is 1.30. The van der Waals surface area contributed by atoms with Crippen LogP contribution in [0.25, 0.3) is 16.9 Å². The summed E-state index contributed by atoms with van der Waals surface area (Å²) in [6.07, 6.45) is 5.85. The zero-order valence-corrected chi connectivity index (χ0v) is 17.1. The number of fused-ring (bicyclic) bond motifs is 1. The van der Waals surface area contributed by atoms with Crippen LogP contribution in [0.3, 0.4) is 0 Å². The molecule has 0 saturated carbocycles. The molecule has 1 aliphatic heterocycles. The third-order valence-electron chi connectivity index (χ3n) is 5.41. The number of nitrogens with zero attached hydrogens (tertiary/aromatic N) is 6. The van der Waals surface area contributed by atoms with Crippen LogP contribution < -0.4 is 10.2 Å². The molecule has 0 aliphatic carbocycles. The van der Waals surface area contributed by atoms with E-state index in [0.29, 0.717) is 11.5 Å². The third-order valence-corrected chi connectivity index (χ3v) is 5.41. The second kappa shape index (κ2) is 7.63. The van der Waals surface area contributed by atoms with Crippen molar-refractivity contribution in [1.82, 2.24) is 24.6 Å². The maximum absolute atomic E-state index is 14.2. The van der Waals surface area contributed by atoms with Crippen molar-refractivity contribution in [1.29, 1.82) is 0 Å². The predicted octanol–water partition coefficient (Wildman–Crippen LogP) is 3.35. The summed E-state index contributed by atoms with van der Waals surface area (Å²) in [5.74, 6) is -2.97. The first kappa shape index (κ1) is 20.0. The van der Waals surface area contributed by atoms with Crippen LogP contribution in [0.5, 0.6) is 0 Å². The zero-order valence-electron chi connectivity index (χ0n) is 17.1. The highest BCUT2D eigenvalue weighted by Gasteiger charge is 2.49. The zero-order chi connectivity index (χ0) is 22.3. The fraction of sp³-hybridized carbons (Fsp3) is 0.227. The Morgan fingerprint density at radius 2 is 1.97 bits per heavy atom. The van der Waals surface area contributed by atoms with Crippen molar-refractivity contribution < 1.29 is 13.6 Å². The normalized spacial score (nSPS) is 17.6. The molecule has 4 heterocycles. The van der Waals surface area contributed by atoms with Crippen molar-refractivity contribution >= 4 is 23.1 Å². The number of nitrogens with one attached hydrogen (secondary N) is 1. The monoisotopic (exact) mass is 435 g/mol. The number of halogens is 2. The van der Waals surface area contributed by atoms with Crippen molar-refractivity contribution in [2.24, 2.45) is 0 Å². The number of aromatic nitrogens is 5. The van der Waals surface area contributed by atoms with Crippen LogP contribution in [0.1, 0.15) is 12.0 Å². The number of anilines is 2. The lowest BCUT2D eigenvalue weighted by atomic mass is 10.1. The molecule has 3 aromatic heterocycles. The molecule has 0 spiro atoms. The van der Waals surface area contributed by atoms with E-state index in [-0.39, 0.29) is 5.95 Å². The molecule has 5 rings (SSSR count). The van der Waals surface area contributed by atoms with E-state index in [0.717, 1.165) is 16.6 Å². The Balaban J connectivity index is 1.42. The van der Waals surface area contributed by atoms with Gasteiger partial charge in [0.05, 0.1) is 18.3 Å². The first-order valence-electron chi connectivity index (χ1n) is 10.0. The van der Waals surface area contributed by atoms with E-state index < -0.39 is 30.8 Å². The van der Waals surface area contributed by atoms with E-state index >= 15 is 0 Å². The van der Waals surface area contributed by atoms with Gasteiger partial charge in [-0.15, -0.1) is 5.10 Å². The second-order valence-electron chi connectivity index (χ2n) is 7.73. The van der Waals surface area contributed by atoms with Gasteiger partial charge in [0.15, 0.2) is 5.82 Å². The molecule has 8 nitrogen and oxygen atoms in total. The Morgan fingerprint density at radius 3 is 2.78 bits per heavy atom. The molecule has 1 amide bonds. The Kier molecular flexibility index (Phi) is 4.76. The van der Waals surface area contributed by atoms with Crippen LogP contribution in [-0.2, 0) is 4.79 Å². The molecule has 32 heavy (non-hydrogen) atoms. The maximum atomic E-state index is 14.2. The topological polar surface area (TPSA) is 88.3 Å². The molecule has 1 aliphatic rings. The third kappa shape index (κ3) is 3.75. The van der Waals surface area contributed by atoms with E-state index in [2.05, 4.69) is 25.4 Å². The van der Waals surface area contributed by atoms with Gasteiger partial charge < -0.3 is 10.2 Å². The van der Waals surface area contributed by atoms with Crippen LogP contribution in [-0.4, -0.2) is 49.0 Å². The molecule has 0 bridgehead atoms. The minimum absolute atomic E-state index is 0.0999. The summed E-state index contributed by atoms with van der Waals surface area (Å²) in [4.78, 5) is 26.7. The summed E-state index contributed by atoms with van der Waals surface area (Å²) in [6, 6.07) is 9.56. The minimum atomic E-state index is -3.01. The molecular formula is C22H19F2N7O. The van der Waals surface area contributed by atoms with Crippen molar-refractivity contribution in [2.75, 3.05) is 16.8 Å². The van der Waals surface area contributed by atoms with Crippen LogP contribution in [0, 0.1) is 6.92 Å². The van der Waals surface area contributed by atoms with Crippen LogP contribution in [0.15, 0.2) is 61.2 Å². The summed E-state index contributed by atoms with van der Waals surface area (Å²) in [7, 11) is 0. The summed E-state index contributed by atoms with van der Waals surface area (Å²) in [5, 5.41) is 7.26. The van der Waals surface area contributed by atoms with Gasteiger partial charge in [0.25, 0.3) is 5.92 Å². The van der Waals surface area contributed by atoms with Gasteiger partial charge in [-0.05, 0) is 42.8 Å². The first-order chi connectivity index (χ1) is 15.4. The Hall–Kier alpha value is -3.95. The standard InChI is InChI=1S/C22H19F2N7O/c1-14-5-6-15(10-17(14)19-27-12-16-4-2-9-31(16)29-19)28-20(32)18-11-22(23,24)13-30(18)21-25-7-3-8-26-21/h2-10,12,18H,11,13H2,1H3,(H,28,32)/t18-/m1/s1. The molecule has 1 fully saturated rings. The minimum Gasteiger partial charge on any atom is -0.324 e. The van der Waals surface area contributed by atoms with Gasteiger partial charge in [0.2, 0.25) is 11.9 Å². The van der Waals surface area contributed by atoms with E-state index in [9.17, 15) is 13.6 Å². The molecule has 0 unspecified atom stereocenters. The highest BCUT2D eigenvalue weighted by atomic mass is 19.3. The fourth-order valence-electron chi connectivity index (χ4n) is 3.82. The lowest BCUT2D eigenvalue weighted by Gasteiger charge is -2.23. The number of carbonyl (C=O) groups excluding carboxylic acids is 1. The van der Waals surface area contributed by atoms with Crippen molar-refractivity contribution in [3.05, 3.63) is 66.7 Å². The number of hydrogen-bond acceptors (Lipinski definition) is 6. The summed E-state index contributed by atoms with van der Waals surface area (Å²) in [5.41, 5.74) is 2.98. The number of alkyl halides is 2. The van der Waals surface area contributed by atoms with Gasteiger partial charge in [0, 0.05) is 36.3 Å². The van der Waals surface area contributed by atoms with E-state index in [1.165, 1.54) is 17.3 Å². The van der Waals surface area contributed by atoms with Crippen LogP contribution in [0.2, 0.25) is 0 Å². The molecule has 1 saturated heterocycles. The molecule has 10 heteroatoms. The summed E-state index contributed by atoms with van der Waals surface area (Å²) >= 11 is 0. The predicted molar refractivity (Wildman–Crippen MR) is 115 cm³/mol. The van der Waals surface area contributed by atoms with Gasteiger partial charge in [0.1, 0.15) is 6.04 Å². The van der Waals surface area contributed by atoms with Gasteiger partial charge in [-0.25, -0.2) is 28.2 Å². The van der Waals surface area contributed by atoms with Gasteiger partial charge in [-0.1, -0.05) is 6.07 Å². The van der Waals surface area contributed by atoms with Crippen molar-refractivity contribution in [3.63, 3.8) is 0 Å². The number of rotatable bonds is 4. The first-order valence-corrected chi connectivity index (χ1v) is 10.0. The SMILES string of the molecule is Cc1ccc(NC(=O)[C@H]2CC(F)(F)CN2c2ncccn2)cc1-c1ncc2cccn2n1. The lowest BCUT2D eigenvalue weighted by Crippen LogP contribution is -2.40. The Morgan fingerprint density at radius 1 is 1.16 bits per heavy atom. The molecule has 162 valence electrons. The molecular weight excluding hydrogens is 416 g/mol. The maximum Gasteiger partial charge on any atom is 0.267 e. The number of amides is 1. The number of benzene rings is 1. The van der Waals surface area contributed by atoms with Gasteiger partial charge in [-0.3, -0.25) is 4.79 Å². The van der Waals surface area contributed by atoms with Crippen LogP contribution in [0.4, 0.5) is 20.4 Å². The Labute approximate surface area is 181 Å². The smallest absolute Gasteiger partial charge is 0.267 e. The largest absolute Gasteiger partial charge is 0.324 e. The van der Waals surface area contributed by atoms with Crippen LogP contribution >= 0.6 is 0 Å². The Bertz CT molecular complexity index is 1290. The molecule has 1 N–H and O–H groups in total. The number of hydrogen-bond donors (Lipinski definition) is 1. The van der Waals surface area contributed by atoms with Gasteiger partial charge in [-0.2, -0.15) is 0 Å². The second-order valence-corrected chi connectivity index (χ2v) is 7.73. The average molecular weight is 435 g/mol. The molecule has 0 radical (unpaired) electrons. The van der Waals surface area contributed by atoms with Crippen molar-refractivity contribution in [2.45, 2.75) is 25.3 Å². The van der Waals surface area contributed by atoms with Crippen molar-refractivity contribution in [3.8, 4) is 11.4 Å². The van der Waals surface area contributed by atoms with E-state index in [1.807, 2.05) is 31.3 Å². The number of aryl methyl sites for hydroxylation is 1. The quantitative estimate of drug-likeness (QED) is 0.529. The van der Waals surface area contributed by atoms with E-state index in [4.69, 9.17) is 0 Å². The lowest BCUT2D eigenvalue weighted by molar-refractivity contribution is -0.118. The molecule has 1 atom stereocenters. The average Bonchev–Trinajstić information content (AvgIpc) is 3.38.